The first kappa shape index (κ1) is 23.1. The lowest BCUT2D eigenvalue weighted by molar-refractivity contribution is -0.158. The number of carbonyl (C=O) groups excluding carboxylic acids is 3. The van der Waals surface area contributed by atoms with E-state index in [2.05, 4.69) is 5.32 Å². The van der Waals surface area contributed by atoms with Crippen LogP contribution in [0.3, 0.4) is 0 Å². The number of esters is 1. The summed E-state index contributed by atoms with van der Waals surface area (Å²) in [6, 6.07) is 8.05. The number of hydrogen-bond donors (Lipinski definition) is 1. The van der Waals surface area contributed by atoms with Crippen LogP contribution in [-0.4, -0.2) is 43.7 Å². The molecule has 0 aliphatic carbocycles. The third-order valence-corrected chi connectivity index (χ3v) is 5.43. The first-order valence-electron chi connectivity index (χ1n) is 10.1. The third-order valence-electron chi connectivity index (χ3n) is 5.43. The lowest BCUT2D eigenvalue weighted by atomic mass is 10.1. The van der Waals surface area contributed by atoms with Gasteiger partial charge in [0.05, 0.1) is 24.9 Å². The maximum absolute atomic E-state index is 13.8. The Morgan fingerprint density at radius 1 is 1.21 bits per heavy atom. The summed E-state index contributed by atoms with van der Waals surface area (Å²) in [5.41, 5.74) is 0.693. The van der Waals surface area contributed by atoms with Crippen molar-refractivity contribution >= 4 is 40.1 Å². The molecule has 11 heteroatoms. The van der Waals surface area contributed by atoms with Crippen molar-refractivity contribution in [2.75, 3.05) is 23.9 Å². The van der Waals surface area contributed by atoms with Gasteiger partial charge >= 0.3 is 12.1 Å². The predicted octanol–water partition coefficient (Wildman–Crippen LogP) is 4.21. The molecule has 1 aliphatic heterocycles. The van der Waals surface area contributed by atoms with Crippen molar-refractivity contribution in [2.45, 2.75) is 25.6 Å². The van der Waals surface area contributed by atoms with Crippen LogP contribution in [0.2, 0.25) is 0 Å². The molecule has 0 spiro atoms. The Labute approximate surface area is 191 Å². The number of amides is 2. The third kappa shape index (κ3) is 4.28. The van der Waals surface area contributed by atoms with Gasteiger partial charge in [-0.1, -0.05) is 12.1 Å². The molecule has 2 amide bonds. The van der Waals surface area contributed by atoms with Crippen molar-refractivity contribution in [2.24, 2.45) is 0 Å². The SMILES string of the molecule is COc1ccc2oc(C(=O)OCC(=O)N3c4ccccc4NC(=O)CC3C(F)(F)F)c(C)c2c1. The largest absolute Gasteiger partial charge is 0.497 e. The number of nitrogens with one attached hydrogen (secondary N) is 1. The van der Waals surface area contributed by atoms with Gasteiger partial charge in [-0.2, -0.15) is 13.2 Å². The van der Waals surface area contributed by atoms with Crippen LogP contribution in [0.15, 0.2) is 46.9 Å². The van der Waals surface area contributed by atoms with E-state index in [1.807, 2.05) is 0 Å². The standard InChI is InChI=1S/C23H19F3N2O6/c1-12-14-9-13(32-2)7-8-17(14)34-21(12)22(31)33-11-20(30)28-16-6-4-3-5-15(16)27-19(29)10-18(28)23(24,25)26/h3-9,18H,10-11H2,1-2H3,(H,27,29). The van der Waals surface area contributed by atoms with Gasteiger partial charge in [0.2, 0.25) is 11.7 Å². The van der Waals surface area contributed by atoms with Crippen LogP contribution in [-0.2, 0) is 14.3 Å². The number of rotatable bonds is 4. The Hall–Kier alpha value is -4.02. The summed E-state index contributed by atoms with van der Waals surface area (Å²) in [4.78, 5) is 38.0. The molecule has 0 fully saturated rings. The molecule has 1 aliphatic rings. The van der Waals surface area contributed by atoms with Gasteiger partial charge in [-0.25, -0.2) is 4.79 Å². The van der Waals surface area contributed by atoms with Crippen LogP contribution < -0.4 is 15.0 Å². The summed E-state index contributed by atoms with van der Waals surface area (Å²) in [5, 5.41) is 2.95. The molecule has 2 aromatic carbocycles. The Morgan fingerprint density at radius 2 is 1.94 bits per heavy atom. The summed E-state index contributed by atoms with van der Waals surface area (Å²) >= 11 is 0. The number of hydrogen-bond acceptors (Lipinski definition) is 6. The van der Waals surface area contributed by atoms with Crippen molar-refractivity contribution in [1.82, 2.24) is 0 Å². The van der Waals surface area contributed by atoms with E-state index in [9.17, 15) is 27.6 Å². The molecule has 0 radical (unpaired) electrons. The second-order valence-electron chi connectivity index (χ2n) is 7.59. The number of anilines is 2. The molecule has 0 bridgehead atoms. The monoisotopic (exact) mass is 476 g/mol. The van der Waals surface area contributed by atoms with Crippen LogP contribution in [0.1, 0.15) is 22.5 Å². The summed E-state index contributed by atoms with van der Waals surface area (Å²) < 4.78 is 57.1. The minimum Gasteiger partial charge on any atom is -0.497 e. The van der Waals surface area contributed by atoms with Crippen LogP contribution in [0, 0.1) is 6.92 Å². The fourth-order valence-electron chi connectivity index (χ4n) is 3.78. The van der Waals surface area contributed by atoms with Crippen molar-refractivity contribution in [3.05, 3.63) is 53.8 Å². The van der Waals surface area contributed by atoms with Crippen LogP contribution in [0.25, 0.3) is 11.0 Å². The molecule has 4 rings (SSSR count). The number of carbonyl (C=O) groups is 3. The molecule has 1 atom stereocenters. The molecule has 3 aromatic rings. The number of fused-ring (bicyclic) bond motifs is 2. The Balaban J connectivity index is 1.60. The molecule has 8 nitrogen and oxygen atoms in total. The van der Waals surface area contributed by atoms with Gasteiger partial charge in [-0.3, -0.25) is 14.5 Å². The smallest absolute Gasteiger partial charge is 0.409 e. The second kappa shape index (κ2) is 8.73. The number of aryl methyl sites for hydroxylation is 1. The van der Waals surface area contributed by atoms with Crippen LogP contribution in [0.4, 0.5) is 24.5 Å². The van der Waals surface area contributed by atoms with Gasteiger partial charge in [-0.05, 0) is 37.3 Å². The highest BCUT2D eigenvalue weighted by Gasteiger charge is 2.49. The molecule has 0 saturated heterocycles. The number of benzene rings is 2. The van der Waals surface area contributed by atoms with Crippen LogP contribution >= 0.6 is 0 Å². The molecule has 1 N–H and O–H groups in total. The maximum atomic E-state index is 13.8. The Morgan fingerprint density at radius 3 is 2.65 bits per heavy atom. The topological polar surface area (TPSA) is 98.1 Å². The molecule has 34 heavy (non-hydrogen) atoms. The molecule has 1 aromatic heterocycles. The Kier molecular flexibility index (Phi) is 5.94. The molecule has 0 saturated carbocycles. The Bertz CT molecular complexity index is 1280. The van der Waals surface area contributed by atoms with E-state index >= 15 is 0 Å². The van der Waals surface area contributed by atoms with E-state index in [0.717, 1.165) is 0 Å². The van der Waals surface area contributed by atoms with E-state index in [-0.39, 0.29) is 17.1 Å². The lowest BCUT2D eigenvalue weighted by Gasteiger charge is -2.31. The zero-order valence-corrected chi connectivity index (χ0v) is 18.1. The minimum atomic E-state index is -4.90. The summed E-state index contributed by atoms with van der Waals surface area (Å²) in [6.45, 7) is 0.611. The predicted molar refractivity (Wildman–Crippen MR) is 115 cm³/mol. The zero-order valence-electron chi connectivity index (χ0n) is 18.1. The first-order chi connectivity index (χ1) is 16.1. The number of para-hydroxylation sites is 2. The molecular weight excluding hydrogens is 457 g/mol. The first-order valence-corrected chi connectivity index (χ1v) is 10.1. The van der Waals surface area contributed by atoms with Crippen molar-refractivity contribution in [3.8, 4) is 5.75 Å². The number of halogens is 3. The number of methoxy groups -OCH3 is 1. The van der Waals surface area contributed by atoms with E-state index < -0.39 is 43.0 Å². The van der Waals surface area contributed by atoms with Gasteiger partial charge in [0.25, 0.3) is 5.91 Å². The van der Waals surface area contributed by atoms with Gasteiger partial charge in [-0.15, -0.1) is 0 Å². The summed E-state index contributed by atoms with van der Waals surface area (Å²) in [7, 11) is 1.48. The summed E-state index contributed by atoms with van der Waals surface area (Å²) in [5.74, 6) is -2.70. The highest BCUT2D eigenvalue weighted by atomic mass is 19.4. The molecule has 2 heterocycles. The van der Waals surface area contributed by atoms with E-state index in [1.54, 1.807) is 25.1 Å². The number of ether oxygens (including phenoxy) is 2. The van der Waals surface area contributed by atoms with E-state index in [0.29, 0.717) is 27.2 Å². The minimum absolute atomic E-state index is 0.0426. The van der Waals surface area contributed by atoms with Gasteiger partial charge in [0.1, 0.15) is 17.4 Å². The average molecular weight is 476 g/mol. The van der Waals surface area contributed by atoms with Gasteiger partial charge < -0.3 is 19.2 Å². The fraction of sp³-hybridized carbons (Fsp3) is 0.261. The highest BCUT2D eigenvalue weighted by molar-refractivity contribution is 6.06. The second-order valence-corrected chi connectivity index (χ2v) is 7.59. The van der Waals surface area contributed by atoms with Gasteiger partial charge in [0.15, 0.2) is 6.61 Å². The molecule has 1 unspecified atom stereocenters. The molecule has 178 valence electrons. The number of nitrogens with zero attached hydrogens (tertiary/aromatic N) is 1. The zero-order chi connectivity index (χ0) is 24.6. The average Bonchev–Trinajstić information content (AvgIpc) is 3.03. The van der Waals surface area contributed by atoms with Crippen molar-refractivity contribution in [1.29, 1.82) is 0 Å². The van der Waals surface area contributed by atoms with Gasteiger partial charge in [0, 0.05) is 10.9 Å². The fourth-order valence-corrected chi connectivity index (χ4v) is 3.78. The van der Waals surface area contributed by atoms with Crippen molar-refractivity contribution in [3.63, 3.8) is 0 Å². The number of furan rings is 1. The lowest BCUT2D eigenvalue weighted by Crippen LogP contribution is -2.51. The normalized spacial score (nSPS) is 16.0. The quantitative estimate of drug-likeness (QED) is 0.567. The van der Waals surface area contributed by atoms with Crippen LogP contribution in [0.5, 0.6) is 5.75 Å². The molecular formula is C23H19F3N2O6. The maximum Gasteiger partial charge on any atom is 0.409 e. The van der Waals surface area contributed by atoms with Crippen molar-refractivity contribution < 1.29 is 41.4 Å². The number of alkyl halides is 3. The van der Waals surface area contributed by atoms with E-state index in [1.165, 1.54) is 31.4 Å². The summed E-state index contributed by atoms with van der Waals surface area (Å²) in [6.07, 6.45) is -5.90. The van der Waals surface area contributed by atoms with E-state index in [4.69, 9.17) is 13.9 Å². The highest BCUT2D eigenvalue weighted by Crippen LogP contribution is 2.38.